The Labute approximate surface area is 39.7 Å². The molecular weight excluding hydrogens is 123 g/mol. The molecule has 3 nitrogen and oxygen atoms in total. The minimum Gasteiger partial charge on any atom is -0.473 e. The van der Waals surface area contributed by atoms with Gasteiger partial charge in [0.25, 0.3) is 0 Å². The maximum Gasteiger partial charge on any atom is 0.376 e. The van der Waals surface area contributed by atoms with Crippen molar-refractivity contribution >= 4 is 24.3 Å². The topological polar surface area (TPSA) is 54.4 Å². The first kappa shape index (κ1) is 5.92. The average Bonchev–Trinajstić information content (AvgIpc) is 1.35. The minimum absolute atomic E-state index is 0.319. The van der Waals surface area contributed by atoms with Crippen LogP contribution in [0.4, 0.5) is 4.79 Å². The molecule has 0 heterocycles. The summed E-state index contributed by atoms with van der Waals surface area (Å²) in [5.41, 5.74) is 0. The van der Waals surface area contributed by atoms with Crippen LogP contribution in [0.5, 0.6) is 0 Å². The van der Waals surface area contributed by atoms with Crippen molar-refractivity contribution in [3.05, 3.63) is 0 Å². The average molecular weight is 124 g/mol. The standard InChI is InChI=1S/CHO3PS/c2-1(3)6-5-4/h(H,2,3). The van der Waals surface area contributed by atoms with Crippen LogP contribution in [-0.4, -0.2) is 10.4 Å². The quantitative estimate of drug-likeness (QED) is 0.539. The molecule has 0 atom stereocenters. The van der Waals surface area contributed by atoms with Crippen molar-refractivity contribution in [1.82, 2.24) is 0 Å². The molecule has 0 aliphatic rings. The molecule has 0 amide bonds. The van der Waals surface area contributed by atoms with Crippen LogP contribution < -0.4 is 0 Å². The third kappa shape index (κ3) is 3.92. The molecule has 6 heavy (non-hydrogen) atoms. The van der Waals surface area contributed by atoms with Gasteiger partial charge >= 0.3 is 5.30 Å². The Bertz CT molecular complexity index is 71.2. The second kappa shape index (κ2) is 3.12. The van der Waals surface area contributed by atoms with E-state index in [4.69, 9.17) is 5.11 Å². The van der Waals surface area contributed by atoms with E-state index >= 15 is 0 Å². The molecule has 1 N–H and O–H groups in total. The van der Waals surface area contributed by atoms with E-state index in [0.29, 0.717) is 11.4 Å². The number of hydrogen-bond donors (Lipinski definition) is 1. The molecule has 0 spiro atoms. The molecule has 0 aromatic rings. The number of hydrogen-bond acceptors (Lipinski definition) is 3. The van der Waals surface area contributed by atoms with Crippen molar-refractivity contribution < 1.29 is 14.5 Å². The van der Waals surface area contributed by atoms with E-state index in [1.165, 1.54) is 0 Å². The zero-order valence-corrected chi connectivity index (χ0v) is 4.33. The van der Waals surface area contributed by atoms with Crippen LogP contribution in [0.15, 0.2) is 0 Å². The zero-order valence-electron chi connectivity index (χ0n) is 2.62. The monoisotopic (exact) mass is 124 g/mol. The molecule has 0 unspecified atom stereocenters. The van der Waals surface area contributed by atoms with Crippen LogP contribution in [0.1, 0.15) is 0 Å². The van der Waals surface area contributed by atoms with E-state index in [2.05, 4.69) is 0 Å². The summed E-state index contributed by atoms with van der Waals surface area (Å²) < 4.78 is 9.29. The van der Waals surface area contributed by atoms with Gasteiger partial charge in [0.05, 0.1) is 11.4 Å². The fourth-order valence-electron chi connectivity index (χ4n) is 0.0319. The SMILES string of the molecule is O=PSC(=O)O. The fourth-order valence-corrected chi connectivity index (χ4v) is 0.287. The van der Waals surface area contributed by atoms with Gasteiger partial charge in [-0.25, -0.2) is 4.79 Å². The molecule has 0 radical (unpaired) electrons. The lowest BCUT2D eigenvalue weighted by Gasteiger charge is -1.69. The van der Waals surface area contributed by atoms with Crippen molar-refractivity contribution in [3.8, 4) is 0 Å². The molecule has 5 heteroatoms. The minimum atomic E-state index is -1.12. The second-order valence-corrected chi connectivity index (χ2v) is 2.11. The lowest BCUT2D eigenvalue weighted by Crippen LogP contribution is -1.72. The second-order valence-electron chi connectivity index (χ2n) is 0.432. The van der Waals surface area contributed by atoms with Gasteiger partial charge in [-0.3, -0.25) is 4.57 Å². The van der Waals surface area contributed by atoms with Gasteiger partial charge < -0.3 is 5.11 Å². The lowest BCUT2D eigenvalue weighted by molar-refractivity contribution is 0.222. The van der Waals surface area contributed by atoms with Crippen molar-refractivity contribution in [1.29, 1.82) is 0 Å². The number of carboxylic acid groups (broad SMARTS) is 1. The molecule has 0 rings (SSSR count). The van der Waals surface area contributed by atoms with Crippen LogP contribution in [0.2, 0.25) is 0 Å². The first-order valence-electron chi connectivity index (χ1n) is 0.997. The summed E-state index contributed by atoms with van der Waals surface area (Å²) in [6.07, 6.45) is 0. The number of rotatable bonds is 1. The van der Waals surface area contributed by atoms with E-state index in [1.54, 1.807) is 0 Å². The lowest BCUT2D eigenvalue weighted by atomic mass is 11.6. The molecule has 0 aliphatic carbocycles. The Morgan fingerprint density at radius 3 is 2.33 bits per heavy atom. The van der Waals surface area contributed by atoms with Crippen molar-refractivity contribution in [2.75, 3.05) is 0 Å². The highest BCUT2D eigenvalue weighted by molar-refractivity contribution is 8.54. The Morgan fingerprint density at radius 2 is 2.33 bits per heavy atom. The molecule has 0 aromatic carbocycles. The predicted molar refractivity (Wildman–Crippen MR) is 23.2 cm³/mol. The van der Waals surface area contributed by atoms with Gasteiger partial charge in [0.1, 0.15) is 0 Å². The van der Waals surface area contributed by atoms with Crippen LogP contribution in [0, 0.1) is 0 Å². The molecule has 0 aliphatic heterocycles. The molecule has 0 aromatic heterocycles. The van der Waals surface area contributed by atoms with Gasteiger partial charge in [-0.1, -0.05) is 0 Å². The van der Waals surface area contributed by atoms with E-state index < -0.39 is 13.0 Å². The Hall–Kier alpha value is -0.0800. The molecule has 0 bridgehead atoms. The van der Waals surface area contributed by atoms with E-state index in [9.17, 15) is 9.36 Å². The maximum atomic E-state index is 9.36. The normalized spacial score (nSPS) is 8.67. The summed E-state index contributed by atoms with van der Waals surface area (Å²) in [6, 6.07) is 0. The highest BCUT2D eigenvalue weighted by atomic mass is 32.7. The molecule has 34 valence electrons. The molecule has 0 saturated heterocycles. The third-order valence-corrected chi connectivity index (χ3v) is 1.04. The molecule has 0 saturated carbocycles. The smallest absolute Gasteiger partial charge is 0.376 e. The summed E-state index contributed by atoms with van der Waals surface area (Å²) in [6.45, 7) is 0. The van der Waals surface area contributed by atoms with Gasteiger partial charge in [0, 0.05) is 0 Å². The Kier molecular flexibility index (Phi) is 3.08. The van der Waals surface area contributed by atoms with Crippen LogP contribution in [0.25, 0.3) is 0 Å². The molecule has 0 fully saturated rings. The highest BCUT2D eigenvalue weighted by Gasteiger charge is 1.91. The van der Waals surface area contributed by atoms with E-state index in [1.807, 2.05) is 0 Å². The van der Waals surface area contributed by atoms with E-state index in [-0.39, 0.29) is 0 Å². The van der Waals surface area contributed by atoms with Gasteiger partial charge in [-0.05, 0) is 0 Å². The van der Waals surface area contributed by atoms with Crippen molar-refractivity contribution in [2.45, 2.75) is 0 Å². The summed E-state index contributed by atoms with van der Waals surface area (Å²) in [5, 5.41) is 6.55. The van der Waals surface area contributed by atoms with Crippen LogP contribution in [0.3, 0.4) is 0 Å². The third-order valence-electron chi connectivity index (χ3n) is 0.115. The van der Waals surface area contributed by atoms with Crippen molar-refractivity contribution in [3.63, 3.8) is 0 Å². The van der Waals surface area contributed by atoms with Crippen LogP contribution in [-0.2, 0) is 4.57 Å². The predicted octanol–water partition coefficient (Wildman–Crippen LogP) is 1.60. The van der Waals surface area contributed by atoms with Gasteiger partial charge in [0.2, 0.25) is 7.66 Å². The summed E-state index contributed by atoms with van der Waals surface area (Å²) >= 11 is 0.319. The van der Waals surface area contributed by atoms with E-state index in [0.717, 1.165) is 0 Å². The molecular formula is CHO3PS. The summed E-state index contributed by atoms with van der Waals surface area (Å²) in [5.74, 6) is 0. The Morgan fingerprint density at radius 1 is 1.83 bits per heavy atom. The maximum absolute atomic E-state index is 9.36. The fraction of sp³-hybridized carbons (Fsp3) is 0. The van der Waals surface area contributed by atoms with Gasteiger partial charge in [-0.2, -0.15) is 0 Å². The first-order chi connectivity index (χ1) is 2.77. The Balaban J connectivity index is 3.05. The summed E-state index contributed by atoms with van der Waals surface area (Å²) in [7, 11) is -0.409. The summed E-state index contributed by atoms with van der Waals surface area (Å²) in [4.78, 5) is 9.36. The zero-order chi connectivity index (χ0) is 4.99. The largest absolute Gasteiger partial charge is 0.473 e. The first-order valence-corrected chi connectivity index (χ1v) is 3.23. The van der Waals surface area contributed by atoms with Gasteiger partial charge in [0.15, 0.2) is 0 Å². The highest BCUT2D eigenvalue weighted by Crippen LogP contribution is 2.16. The van der Waals surface area contributed by atoms with Crippen LogP contribution >= 0.6 is 19.0 Å². The number of carbonyl (C=O) groups is 1. The van der Waals surface area contributed by atoms with Gasteiger partial charge in [-0.15, -0.1) is 0 Å². The van der Waals surface area contributed by atoms with Crippen molar-refractivity contribution in [2.24, 2.45) is 0 Å².